The van der Waals surface area contributed by atoms with E-state index in [1.165, 1.54) is 11.0 Å². The highest BCUT2D eigenvalue weighted by molar-refractivity contribution is 6.47. The van der Waals surface area contributed by atoms with Crippen LogP contribution in [0.2, 0.25) is 10.0 Å². The summed E-state index contributed by atoms with van der Waals surface area (Å²) in [4.78, 5) is 26.6. The number of benzene rings is 2. The molecule has 0 radical (unpaired) electrons. The van der Waals surface area contributed by atoms with Crippen LogP contribution in [-0.4, -0.2) is 28.2 Å². The molecule has 1 N–H and O–H groups in total. The molecule has 2 aromatic rings. The number of nitrogens with zero attached hydrogens (tertiary/aromatic N) is 1. The van der Waals surface area contributed by atoms with Gasteiger partial charge in [-0.1, -0.05) is 65.2 Å². The Labute approximate surface area is 167 Å². The van der Waals surface area contributed by atoms with Gasteiger partial charge >= 0.3 is 0 Å². The lowest BCUT2D eigenvalue weighted by atomic mass is 9.95. The van der Waals surface area contributed by atoms with Gasteiger partial charge in [-0.25, -0.2) is 0 Å². The highest BCUT2D eigenvalue weighted by Crippen LogP contribution is 2.42. The summed E-state index contributed by atoms with van der Waals surface area (Å²) in [5, 5.41) is 11.6. The van der Waals surface area contributed by atoms with E-state index in [0.717, 1.165) is 5.56 Å². The quantitative estimate of drug-likeness (QED) is 0.342. The Morgan fingerprint density at radius 1 is 1.19 bits per heavy atom. The largest absolute Gasteiger partial charge is 0.507 e. The second kappa shape index (κ2) is 7.59. The van der Waals surface area contributed by atoms with Gasteiger partial charge in [0.1, 0.15) is 5.76 Å². The first-order valence-corrected chi connectivity index (χ1v) is 9.02. The number of aliphatic hydroxyl groups excluding tert-OH is 1. The van der Waals surface area contributed by atoms with E-state index in [9.17, 15) is 14.7 Å². The van der Waals surface area contributed by atoms with Crippen molar-refractivity contribution >= 4 is 40.7 Å². The number of Topliss-reactive ketones (excluding diaryl/α,β-unsaturated/α-hetero) is 1. The number of ketones is 1. The fourth-order valence-corrected chi connectivity index (χ4v) is 3.63. The number of rotatable bonds is 4. The maximum atomic E-state index is 12.7. The number of likely N-dealkylation sites (tertiary alicyclic amines) is 1. The molecule has 0 saturated carbocycles. The summed E-state index contributed by atoms with van der Waals surface area (Å²) in [7, 11) is 0. The second-order valence-corrected chi connectivity index (χ2v) is 7.12. The molecule has 1 amide bonds. The molecule has 1 atom stereocenters. The predicted molar refractivity (Wildman–Crippen MR) is 107 cm³/mol. The molecule has 6 heteroatoms. The van der Waals surface area contributed by atoms with Crippen LogP contribution in [0.3, 0.4) is 0 Å². The second-order valence-electron chi connectivity index (χ2n) is 6.27. The van der Waals surface area contributed by atoms with Crippen molar-refractivity contribution in [3.05, 3.63) is 87.4 Å². The van der Waals surface area contributed by atoms with E-state index in [1.54, 1.807) is 30.3 Å². The normalized spacial score (nSPS) is 18.8. The zero-order valence-electron chi connectivity index (χ0n) is 14.6. The lowest BCUT2D eigenvalue weighted by Crippen LogP contribution is -2.29. The first-order chi connectivity index (χ1) is 12.8. The molecule has 4 nitrogen and oxygen atoms in total. The molecule has 1 heterocycles. The highest BCUT2D eigenvalue weighted by atomic mass is 35.5. The van der Waals surface area contributed by atoms with Crippen molar-refractivity contribution in [2.45, 2.75) is 13.0 Å². The van der Waals surface area contributed by atoms with E-state index >= 15 is 0 Å². The van der Waals surface area contributed by atoms with Crippen LogP contribution in [-0.2, 0) is 9.59 Å². The Morgan fingerprint density at radius 3 is 2.44 bits per heavy atom. The molecule has 1 aliphatic heterocycles. The minimum absolute atomic E-state index is 0.00470. The Balaban J connectivity index is 2.23. The molecule has 1 saturated heterocycles. The van der Waals surface area contributed by atoms with Crippen LogP contribution < -0.4 is 0 Å². The molecule has 138 valence electrons. The van der Waals surface area contributed by atoms with Crippen LogP contribution in [0.25, 0.3) is 5.76 Å². The average Bonchev–Trinajstić information content (AvgIpc) is 2.87. The minimum Gasteiger partial charge on any atom is -0.507 e. The van der Waals surface area contributed by atoms with Gasteiger partial charge in [0.05, 0.1) is 11.6 Å². The molecule has 1 aliphatic rings. The monoisotopic (exact) mass is 401 g/mol. The SMILES string of the molecule is C=CCN1C(=O)C(=O)C(=C(O)c2ccc(C)cc2)C1c1ccc(Cl)cc1Cl. The van der Waals surface area contributed by atoms with Gasteiger partial charge in [0.25, 0.3) is 11.7 Å². The fraction of sp³-hybridized carbons (Fsp3) is 0.143. The molecule has 3 rings (SSSR count). The molecule has 0 spiro atoms. The van der Waals surface area contributed by atoms with Crippen LogP contribution in [0, 0.1) is 6.92 Å². The first kappa shape index (κ1) is 19.2. The molecule has 2 aromatic carbocycles. The van der Waals surface area contributed by atoms with Gasteiger partial charge in [-0.15, -0.1) is 6.58 Å². The Kier molecular flexibility index (Phi) is 5.40. The minimum atomic E-state index is -0.825. The zero-order chi connectivity index (χ0) is 19.7. The lowest BCUT2D eigenvalue weighted by Gasteiger charge is -2.25. The maximum absolute atomic E-state index is 12.7. The molecule has 0 aliphatic carbocycles. The number of halogens is 2. The molecule has 1 fully saturated rings. The van der Waals surface area contributed by atoms with E-state index in [0.29, 0.717) is 21.2 Å². The summed E-state index contributed by atoms with van der Waals surface area (Å²) in [6.45, 7) is 5.70. The van der Waals surface area contributed by atoms with Gasteiger partial charge < -0.3 is 10.0 Å². The molecular weight excluding hydrogens is 385 g/mol. The summed E-state index contributed by atoms with van der Waals surface area (Å²) in [5.41, 5.74) is 1.97. The third-order valence-electron chi connectivity index (χ3n) is 4.45. The summed E-state index contributed by atoms with van der Waals surface area (Å²) in [5.74, 6) is -1.71. The van der Waals surface area contributed by atoms with Crippen molar-refractivity contribution in [1.29, 1.82) is 0 Å². The van der Waals surface area contributed by atoms with E-state index in [-0.39, 0.29) is 17.9 Å². The number of hydrogen-bond donors (Lipinski definition) is 1. The zero-order valence-corrected chi connectivity index (χ0v) is 16.1. The molecule has 0 aromatic heterocycles. The van der Waals surface area contributed by atoms with Crippen molar-refractivity contribution in [2.24, 2.45) is 0 Å². The first-order valence-electron chi connectivity index (χ1n) is 8.26. The van der Waals surface area contributed by atoms with Gasteiger partial charge in [0, 0.05) is 22.2 Å². The molecule has 0 bridgehead atoms. The Morgan fingerprint density at radius 2 is 1.85 bits per heavy atom. The highest BCUT2D eigenvalue weighted by Gasteiger charge is 2.46. The standard InChI is InChI=1S/C21H17Cl2NO3/c1-3-10-24-18(15-9-8-14(22)11-16(15)23)17(20(26)21(24)27)19(25)13-6-4-12(2)5-7-13/h3-9,11,18,25H,1,10H2,2H3. The van der Waals surface area contributed by atoms with Gasteiger partial charge in [-0.3, -0.25) is 9.59 Å². The fourth-order valence-electron chi connectivity index (χ4n) is 3.12. The lowest BCUT2D eigenvalue weighted by molar-refractivity contribution is -0.139. The summed E-state index contributed by atoms with van der Waals surface area (Å²) in [6, 6.07) is 11.0. The van der Waals surface area contributed by atoms with Crippen molar-refractivity contribution in [3.8, 4) is 0 Å². The smallest absolute Gasteiger partial charge is 0.295 e. The Bertz CT molecular complexity index is 964. The topological polar surface area (TPSA) is 57.6 Å². The van der Waals surface area contributed by atoms with Crippen molar-refractivity contribution in [2.75, 3.05) is 6.54 Å². The van der Waals surface area contributed by atoms with E-state index in [2.05, 4.69) is 6.58 Å². The number of hydrogen-bond acceptors (Lipinski definition) is 3. The molecular formula is C21H17Cl2NO3. The number of aryl methyl sites for hydroxylation is 1. The van der Waals surface area contributed by atoms with E-state index in [1.807, 2.05) is 19.1 Å². The van der Waals surface area contributed by atoms with Crippen LogP contribution in [0.4, 0.5) is 0 Å². The maximum Gasteiger partial charge on any atom is 0.295 e. The number of carbonyl (C=O) groups excluding carboxylic acids is 2. The van der Waals surface area contributed by atoms with Crippen LogP contribution >= 0.6 is 23.2 Å². The van der Waals surface area contributed by atoms with Gasteiger partial charge in [-0.05, 0) is 24.6 Å². The van der Waals surface area contributed by atoms with E-state index < -0.39 is 17.7 Å². The van der Waals surface area contributed by atoms with Crippen molar-refractivity contribution in [3.63, 3.8) is 0 Å². The summed E-state index contributed by atoms with van der Waals surface area (Å²) in [6.07, 6.45) is 1.52. The number of aliphatic hydroxyl groups is 1. The van der Waals surface area contributed by atoms with Gasteiger partial charge in [0.2, 0.25) is 0 Å². The predicted octanol–water partition coefficient (Wildman–Crippen LogP) is 4.91. The van der Waals surface area contributed by atoms with Crippen LogP contribution in [0.5, 0.6) is 0 Å². The van der Waals surface area contributed by atoms with Crippen molar-refractivity contribution < 1.29 is 14.7 Å². The third-order valence-corrected chi connectivity index (χ3v) is 5.01. The summed E-state index contributed by atoms with van der Waals surface area (Å²) < 4.78 is 0. The number of carbonyl (C=O) groups is 2. The number of amides is 1. The van der Waals surface area contributed by atoms with Crippen molar-refractivity contribution in [1.82, 2.24) is 4.90 Å². The third kappa shape index (κ3) is 3.51. The van der Waals surface area contributed by atoms with E-state index in [4.69, 9.17) is 23.2 Å². The molecule has 1 unspecified atom stereocenters. The Hall–Kier alpha value is -2.56. The van der Waals surface area contributed by atoms with Crippen LogP contribution in [0.15, 0.2) is 60.7 Å². The van der Waals surface area contributed by atoms with Crippen LogP contribution in [0.1, 0.15) is 22.7 Å². The molecule has 27 heavy (non-hydrogen) atoms. The summed E-state index contributed by atoms with van der Waals surface area (Å²) >= 11 is 12.3. The van der Waals surface area contributed by atoms with Gasteiger partial charge in [0.15, 0.2) is 0 Å². The average molecular weight is 402 g/mol. The van der Waals surface area contributed by atoms with Gasteiger partial charge in [-0.2, -0.15) is 0 Å².